The van der Waals surface area contributed by atoms with Gasteiger partial charge in [-0.1, -0.05) is 24.0 Å². The van der Waals surface area contributed by atoms with Crippen LogP contribution in [0.4, 0.5) is 0 Å². The summed E-state index contributed by atoms with van der Waals surface area (Å²) in [6.45, 7) is 0. The fraction of sp³-hybridized carbons (Fsp3) is 0.154. The van der Waals surface area contributed by atoms with Gasteiger partial charge in [-0.25, -0.2) is 9.97 Å². The molecule has 0 aliphatic carbocycles. The van der Waals surface area contributed by atoms with E-state index < -0.39 is 0 Å². The van der Waals surface area contributed by atoms with Gasteiger partial charge in [-0.05, 0) is 71.8 Å². The largest absolute Gasteiger partial charge is 0.247 e. The molecule has 4 heteroatoms. The molecule has 30 heavy (non-hydrogen) atoms. The minimum Gasteiger partial charge on any atom is -0.247 e. The second-order valence-electron chi connectivity index (χ2n) is 6.63. The van der Waals surface area contributed by atoms with Gasteiger partial charge in [0.25, 0.3) is 0 Å². The maximum atomic E-state index is 4.44. The van der Waals surface area contributed by atoms with Crippen LogP contribution in [0.3, 0.4) is 0 Å². The summed E-state index contributed by atoms with van der Waals surface area (Å²) in [5.74, 6) is 12.7. The van der Waals surface area contributed by atoms with Crippen molar-refractivity contribution in [2.75, 3.05) is 0 Å². The third kappa shape index (κ3) is 5.67. The fourth-order valence-corrected chi connectivity index (χ4v) is 4.28. The highest BCUT2D eigenvalue weighted by molar-refractivity contribution is 7.13. The van der Waals surface area contributed by atoms with Gasteiger partial charge in [0, 0.05) is 46.1 Å². The average molecular weight is 425 g/mol. The third-order valence-corrected chi connectivity index (χ3v) is 6.26. The first-order valence-corrected chi connectivity index (χ1v) is 11.6. The van der Waals surface area contributed by atoms with Crippen LogP contribution >= 0.6 is 22.7 Å². The maximum absolute atomic E-state index is 4.44. The van der Waals surface area contributed by atoms with Gasteiger partial charge < -0.3 is 0 Å². The van der Waals surface area contributed by atoms with Gasteiger partial charge in [-0.2, -0.15) is 0 Å². The van der Waals surface area contributed by atoms with E-state index in [4.69, 9.17) is 0 Å². The minimum absolute atomic E-state index is 0.826. The van der Waals surface area contributed by atoms with Crippen molar-refractivity contribution in [3.05, 3.63) is 83.1 Å². The Labute approximate surface area is 185 Å². The van der Waals surface area contributed by atoms with E-state index in [1.807, 2.05) is 24.5 Å². The second-order valence-corrected chi connectivity index (χ2v) is 8.52. The van der Waals surface area contributed by atoms with Crippen molar-refractivity contribution in [2.45, 2.75) is 25.7 Å². The molecular weight excluding hydrogens is 404 g/mol. The predicted molar refractivity (Wildman–Crippen MR) is 127 cm³/mol. The number of rotatable bonds is 5. The molecule has 0 unspecified atom stereocenters. The molecule has 0 fully saturated rings. The van der Waals surface area contributed by atoms with Crippen molar-refractivity contribution in [2.24, 2.45) is 0 Å². The average Bonchev–Trinajstić information content (AvgIpc) is 3.51. The van der Waals surface area contributed by atoms with E-state index in [1.54, 1.807) is 22.7 Å². The van der Waals surface area contributed by atoms with E-state index in [0.29, 0.717) is 0 Å². The van der Waals surface area contributed by atoms with Crippen LogP contribution in [0.5, 0.6) is 0 Å². The molecule has 0 aliphatic heterocycles. The molecule has 4 aromatic rings. The van der Waals surface area contributed by atoms with Gasteiger partial charge in [0.1, 0.15) is 11.4 Å². The Morgan fingerprint density at radius 2 is 1.13 bits per heavy atom. The van der Waals surface area contributed by atoms with Crippen molar-refractivity contribution < 1.29 is 0 Å². The molecule has 0 aromatic carbocycles. The molecule has 0 bridgehead atoms. The van der Waals surface area contributed by atoms with Crippen LogP contribution in [0.25, 0.3) is 20.9 Å². The molecule has 4 heterocycles. The quantitative estimate of drug-likeness (QED) is 0.257. The Bertz CT molecular complexity index is 1070. The normalized spacial score (nSPS) is 10.0. The Morgan fingerprint density at radius 3 is 1.50 bits per heavy atom. The van der Waals surface area contributed by atoms with Crippen LogP contribution < -0.4 is 0 Å². The van der Waals surface area contributed by atoms with E-state index >= 15 is 0 Å². The lowest BCUT2D eigenvalue weighted by Crippen LogP contribution is -1.83. The van der Waals surface area contributed by atoms with Crippen molar-refractivity contribution in [3.8, 4) is 44.6 Å². The predicted octanol–water partition coefficient (Wildman–Crippen LogP) is 6.90. The standard InChI is InChI=1S/C26H20N2S2/c1(3-5-9-23-15-13-21(19-27-23)25-11-7-17-29-25)2-4-6-10-24-16-14-22(20-28-24)26-12-8-18-30-26/h7-8,11-20H,1-4H2. The van der Waals surface area contributed by atoms with E-state index in [1.165, 1.54) is 9.75 Å². The minimum atomic E-state index is 0.826. The zero-order valence-corrected chi connectivity index (χ0v) is 18.1. The van der Waals surface area contributed by atoms with Crippen molar-refractivity contribution >= 4 is 22.7 Å². The molecule has 146 valence electrons. The number of nitrogens with zero attached hydrogens (tertiary/aromatic N) is 2. The zero-order valence-electron chi connectivity index (χ0n) is 16.5. The highest BCUT2D eigenvalue weighted by Gasteiger charge is 1.99. The molecule has 0 radical (unpaired) electrons. The second kappa shape index (κ2) is 10.6. The molecule has 0 atom stereocenters. The monoisotopic (exact) mass is 424 g/mol. The summed E-state index contributed by atoms with van der Waals surface area (Å²) in [6, 6.07) is 16.5. The van der Waals surface area contributed by atoms with E-state index in [-0.39, 0.29) is 0 Å². The summed E-state index contributed by atoms with van der Waals surface area (Å²) < 4.78 is 0. The Morgan fingerprint density at radius 1 is 0.633 bits per heavy atom. The van der Waals surface area contributed by atoms with E-state index in [0.717, 1.165) is 48.2 Å². The number of hydrogen-bond acceptors (Lipinski definition) is 4. The summed E-state index contributed by atoms with van der Waals surface area (Å²) >= 11 is 3.44. The first-order chi connectivity index (χ1) is 14.9. The third-order valence-electron chi connectivity index (χ3n) is 4.42. The van der Waals surface area contributed by atoms with Gasteiger partial charge in [0.05, 0.1) is 0 Å². The topological polar surface area (TPSA) is 25.8 Å². The molecule has 0 N–H and O–H groups in total. The highest BCUT2D eigenvalue weighted by atomic mass is 32.1. The van der Waals surface area contributed by atoms with Crippen LogP contribution in [-0.2, 0) is 0 Å². The molecular formula is C26H20N2S2. The Balaban J connectivity index is 1.18. The zero-order chi connectivity index (χ0) is 20.4. The summed E-state index contributed by atoms with van der Waals surface area (Å²) in [4.78, 5) is 11.4. The number of thiophene rings is 2. The molecule has 4 rings (SSSR count). The van der Waals surface area contributed by atoms with Gasteiger partial charge in [-0.3, -0.25) is 0 Å². The smallest absolute Gasteiger partial charge is 0.113 e. The molecule has 0 saturated carbocycles. The van der Waals surface area contributed by atoms with Gasteiger partial charge in [0.2, 0.25) is 0 Å². The van der Waals surface area contributed by atoms with Crippen molar-refractivity contribution in [1.82, 2.24) is 9.97 Å². The Hall–Kier alpha value is -3.18. The summed E-state index contributed by atoms with van der Waals surface area (Å²) in [6.07, 6.45) is 7.60. The van der Waals surface area contributed by atoms with Crippen LogP contribution in [0.1, 0.15) is 37.1 Å². The number of unbranched alkanes of at least 4 members (excludes halogenated alkanes) is 3. The fourth-order valence-electron chi connectivity index (χ4n) is 2.85. The van der Waals surface area contributed by atoms with E-state index in [9.17, 15) is 0 Å². The summed E-state index contributed by atoms with van der Waals surface area (Å²) in [5, 5.41) is 4.15. The first-order valence-electron chi connectivity index (χ1n) is 9.86. The molecule has 0 saturated heterocycles. The lowest BCUT2D eigenvalue weighted by molar-refractivity contribution is 0.782. The SMILES string of the molecule is C(#Cc1ccc(-c2cccs2)cn1)CCCCC#Cc1ccc(-c2cccs2)cn1. The molecule has 2 nitrogen and oxygen atoms in total. The summed E-state index contributed by atoms with van der Waals surface area (Å²) in [7, 11) is 0. The molecule has 0 spiro atoms. The van der Waals surface area contributed by atoms with Crippen molar-refractivity contribution in [3.63, 3.8) is 0 Å². The first kappa shape index (κ1) is 20.1. The van der Waals surface area contributed by atoms with Crippen LogP contribution in [0.2, 0.25) is 0 Å². The lowest BCUT2D eigenvalue weighted by atomic mass is 10.2. The summed E-state index contributed by atoms with van der Waals surface area (Å²) in [5.41, 5.74) is 3.94. The Kier molecular flexibility index (Phi) is 7.07. The maximum Gasteiger partial charge on any atom is 0.113 e. The number of aromatic nitrogens is 2. The molecule has 0 amide bonds. The molecule has 4 aromatic heterocycles. The molecule has 0 aliphatic rings. The van der Waals surface area contributed by atoms with Crippen LogP contribution in [-0.4, -0.2) is 9.97 Å². The van der Waals surface area contributed by atoms with Gasteiger partial charge in [0.15, 0.2) is 0 Å². The van der Waals surface area contributed by atoms with Crippen molar-refractivity contribution in [1.29, 1.82) is 0 Å². The number of pyridine rings is 2. The lowest BCUT2D eigenvalue weighted by Gasteiger charge is -1.96. The van der Waals surface area contributed by atoms with E-state index in [2.05, 4.69) is 80.8 Å². The number of hydrogen-bond donors (Lipinski definition) is 0. The highest BCUT2D eigenvalue weighted by Crippen LogP contribution is 2.24. The van der Waals surface area contributed by atoms with Gasteiger partial charge in [-0.15, -0.1) is 22.7 Å². The van der Waals surface area contributed by atoms with Gasteiger partial charge >= 0.3 is 0 Å². The van der Waals surface area contributed by atoms with Crippen LogP contribution in [0.15, 0.2) is 71.7 Å². The van der Waals surface area contributed by atoms with Crippen LogP contribution in [0, 0.1) is 23.7 Å².